The van der Waals surface area contributed by atoms with E-state index in [4.69, 9.17) is 16.7 Å². The number of alkyl halides is 4. The van der Waals surface area contributed by atoms with Gasteiger partial charge in [0, 0.05) is 12.0 Å². The van der Waals surface area contributed by atoms with Gasteiger partial charge in [0.1, 0.15) is 5.15 Å². The standard InChI is InChI=1S/C10H8ClF4NO3/c11-8-5(10(17)18)1-4(2-6(12)13)9(16-8)19-3-7(14)15/h1,6-7H,2-3H2,(H,17,18). The molecule has 0 fully saturated rings. The second-order valence-electron chi connectivity index (χ2n) is 3.39. The molecule has 19 heavy (non-hydrogen) atoms. The van der Waals surface area contributed by atoms with Gasteiger partial charge in [0.05, 0.1) is 5.56 Å². The molecule has 0 spiro atoms. The number of rotatable bonds is 6. The number of carboxylic acids is 1. The molecule has 1 heterocycles. The number of hydrogen-bond donors (Lipinski definition) is 1. The number of pyridine rings is 1. The van der Waals surface area contributed by atoms with E-state index in [1.165, 1.54) is 0 Å². The van der Waals surface area contributed by atoms with Gasteiger partial charge in [0.15, 0.2) is 6.61 Å². The Hall–Kier alpha value is -1.57. The van der Waals surface area contributed by atoms with Gasteiger partial charge in [-0.15, -0.1) is 0 Å². The van der Waals surface area contributed by atoms with Gasteiger partial charge in [-0.3, -0.25) is 0 Å². The highest BCUT2D eigenvalue weighted by atomic mass is 35.5. The lowest BCUT2D eigenvalue weighted by molar-refractivity contribution is 0.0691. The minimum Gasteiger partial charge on any atom is -0.478 e. The van der Waals surface area contributed by atoms with Crippen molar-refractivity contribution in [2.45, 2.75) is 19.3 Å². The average Bonchev–Trinajstić information content (AvgIpc) is 2.27. The van der Waals surface area contributed by atoms with E-state index in [0.717, 1.165) is 6.07 Å². The smallest absolute Gasteiger partial charge is 0.338 e. The first-order chi connectivity index (χ1) is 8.81. The molecule has 0 bridgehead atoms. The first-order valence-electron chi connectivity index (χ1n) is 4.93. The summed E-state index contributed by atoms with van der Waals surface area (Å²) in [4.78, 5) is 14.2. The van der Waals surface area contributed by atoms with Crippen molar-refractivity contribution in [1.29, 1.82) is 0 Å². The van der Waals surface area contributed by atoms with E-state index in [2.05, 4.69) is 9.72 Å². The van der Waals surface area contributed by atoms with Gasteiger partial charge in [-0.1, -0.05) is 11.6 Å². The Balaban J connectivity index is 3.12. The maximum Gasteiger partial charge on any atom is 0.338 e. The molecule has 0 unspecified atom stereocenters. The summed E-state index contributed by atoms with van der Waals surface area (Å²) in [6.45, 7) is -1.05. The third-order valence-electron chi connectivity index (χ3n) is 1.97. The van der Waals surface area contributed by atoms with Gasteiger partial charge < -0.3 is 9.84 Å². The second kappa shape index (κ2) is 6.55. The summed E-state index contributed by atoms with van der Waals surface area (Å²) in [5.41, 5.74) is -0.792. The van der Waals surface area contributed by atoms with Crippen LogP contribution < -0.4 is 4.74 Å². The molecule has 0 aliphatic carbocycles. The fraction of sp³-hybridized carbons (Fsp3) is 0.400. The van der Waals surface area contributed by atoms with Gasteiger partial charge >= 0.3 is 5.97 Å². The van der Waals surface area contributed by atoms with Crippen LogP contribution in [0, 0.1) is 0 Å². The Labute approximate surface area is 110 Å². The van der Waals surface area contributed by atoms with Crippen LogP contribution >= 0.6 is 11.6 Å². The lowest BCUT2D eigenvalue weighted by Crippen LogP contribution is -2.12. The summed E-state index contributed by atoms with van der Waals surface area (Å²) in [5.74, 6) is -1.98. The van der Waals surface area contributed by atoms with Crippen molar-refractivity contribution in [2.75, 3.05) is 6.61 Å². The zero-order chi connectivity index (χ0) is 14.6. The Kier molecular flexibility index (Phi) is 5.34. The SMILES string of the molecule is O=C(O)c1cc(CC(F)F)c(OCC(F)F)nc1Cl. The van der Waals surface area contributed by atoms with Crippen LogP contribution in [0.1, 0.15) is 15.9 Å². The van der Waals surface area contributed by atoms with Crippen molar-refractivity contribution in [3.8, 4) is 5.88 Å². The Morgan fingerprint density at radius 2 is 2.00 bits per heavy atom. The summed E-state index contributed by atoms with van der Waals surface area (Å²) in [6, 6.07) is 0.838. The zero-order valence-electron chi connectivity index (χ0n) is 9.25. The molecule has 1 rings (SSSR count). The van der Waals surface area contributed by atoms with Crippen LogP contribution in [-0.2, 0) is 6.42 Å². The highest BCUT2D eigenvalue weighted by Crippen LogP contribution is 2.25. The van der Waals surface area contributed by atoms with Gasteiger partial charge in [0.25, 0.3) is 6.43 Å². The van der Waals surface area contributed by atoms with Crippen LogP contribution in [0.3, 0.4) is 0 Å². The van der Waals surface area contributed by atoms with E-state index >= 15 is 0 Å². The number of aromatic nitrogens is 1. The molecule has 0 amide bonds. The predicted molar refractivity (Wildman–Crippen MR) is 57.4 cm³/mol. The van der Waals surface area contributed by atoms with Crippen LogP contribution in [0.5, 0.6) is 5.88 Å². The topological polar surface area (TPSA) is 59.4 Å². The van der Waals surface area contributed by atoms with E-state index in [9.17, 15) is 22.4 Å². The van der Waals surface area contributed by atoms with Crippen LogP contribution in [0.4, 0.5) is 17.6 Å². The summed E-state index contributed by atoms with van der Waals surface area (Å²) < 4.78 is 53.2. The molecule has 0 saturated carbocycles. The van der Waals surface area contributed by atoms with Crippen molar-refractivity contribution < 1.29 is 32.2 Å². The predicted octanol–water partition coefficient (Wildman–Crippen LogP) is 2.88. The fourth-order valence-electron chi connectivity index (χ4n) is 1.25. The number of hydrogen-bond acceptors (Lipinski definition) is 3. The molecule has 4 nitrogen and oxygen atoms in total. The molecule has 0 aromatic carbocycles. The molecule has 9 heteroatoms. The second-order valence-corrected chi connectivity index (χ2v) is 3.75. The van der Waals surface area contributed by atoms with Crippen LogP contribution in [0.15, 0.2) is 6.07 Å². The molecule has 1 aromatic heterocycles. The molecular weight excluding hydrogens is 294 g/mol. The lowest BCUT2D eigenvalue weighted by Gasteiger charge is -2.11. The van der Waals surface area contributed by atoms with Crippen molar-refractivity contribution in [3.05, 3.63) is 22.3 Å². The van der Waals surface area contributed by atoms with Crippen LogP contribution in [0.25, 0.3) is 0 Å². The molecule has 1 aromatic rings. The molecule has 0 atom stereocenters. The third-order valence-corrected chi connectivity index (χ3v) is 2.25. The fourth-order valence-corrected chi connectivity index (χ4v) is 1.46. The van der Waals surface area contributed by atoms with Crippen molar-refractivity contribution in [3.63, 3.8) is 0 Å². The first-order valence-corrected chi connectivity index (χ1v) is 5.30. The molecule has 1 N–H and O–H groups in total. The lowest BCUT2D eigenvalue weighted by atomic mass is 10.1. The van der Waals surface area contributed by atoms with Gasteiger partial charge in [0.2, 0.25) is 12.3 Å². The van der Waals surface area contributed by atoms with Crippen LogP contribution in [0.2, 0.25) is 5.15 Å². The Bertz CT molecular complexity index is 470. The molecule has 0 radical (unpaired) electrons. The monoisotopic (exact) mass is 301 g/mol. The maximum atomic E-state index is 12.3. The Morgan fingerprint density at radius 1 is 1.37 bits per heavy atom. The zero-order valence-corrected chi connectivity index (χ0v) is 10.0. The molecule has 0 saturated heterocycles. The summed E-state index contributed by atoms with van der Waals surface area (Å²) in [7, 11) is 0. The number of carboxylic acid groups (broad SMARTS) is 1. The van der Waals surface area contributed by atoms with Crippen molar-refractivity contribution in [1.82, 2.24) is 4.98 Å². The molecular formula is C10H8ClF4NO3. The number of ether oxygens (including phenoxy) is 1. The minimum absolute atomic E-state index is 0.294. The minimum atomic E-state index is -2.82. The quantitative estimate of drug-likeness (QED) is 0.648. The number of aromatic carboxylic acids is 1. The average molecular weight is 302 g/mol. The molecule has 106 valence electrons. The highest BCUT2D eigenvalue weighted by molar-refractivity contribution is 6.32. The van der Waals surface area contributed by atoms with E-state index in [-0.39, 0.29) is 5.56 Å². The van der Waals surface area contributed by atoms with E-state index in [1.807, 2.05) is 0 Å². The maximum absolute atomic E-state index is 12.3. The van der Waals surface area contributed by atoms with Gasteiger partial charge in [-0.25, -0.2) is 27.3 Å². The van der Waals surface area contributed by atoms with E-state index < -0.39 is 48.4 Å². The Morgan fingerprint density at radius 3 is 2.47 bits per heavy atom. The number of carbonyl (C=O) groups is 1. The van der Waals surface area contributed by atoms with E-state index in [1.54, 1.807) is 0 Å². The van der Waals surface area contributed by atoms with E-state index in [0.29, 0.717) is 0 Å². The van der Waals surface area contributed by atoms with Gasteiger partial charge in [-0.2, -0.15) is 0 Å². The summed E-state index contributed by atoms with van der Waals surface area (Å²) in [5, 5.41) is 8.24. The normalized spacial score (nSPS) is 11.1. The first kappa shape index (κ1) is 15.5. The summed E-state index contributed by atoms with van der Waals surface area (Å²) in [6.07, 6.45) is -6.50. The largest absolute Gasteiger partial charge is 0.478 e. The molecule has 0 aliphatic rings. The van der Waals surface area contributed by atoms with Crippen molar-refractivity contribution >= 4 is 17.6 Å². The number of nitrogens with zero attached hydrogens (tertiary/aromatic N) is 1. The number of halogens is 5. The van der Waals surface area contributed by atoms with Crippen molar-refractivity contribution in [2.24, 2.45) is 0 Å². The summed E-state index contributed by atoms with van der Waals surface area (Å²) >= 11 is 5.50. The van der Waals surface area contributed by atoms with Gasteiger partial charge in [-0.05, 0) is 6.07 Å². The molecule has 0 aliphatic heterocycles. The highest BCUT2D eigenvalue weighted by Gasteiger charge is 2.19. The third kappa shape index (κ3) is 4.55. The van der Waals surface area contributed by atoms with Crippen LogP contribution in [-0.4, -0.2) is 35.5 Å².